The normalized spacial score (nSPS) is 16.0. The summed E-state index contributed by atoms with van der Waals surface area (Å²) in [4.78, 5) is 7.64. The molecule has 1 aromatic rings. The third-order valence-electron chi connectivity index (χ3n) is 3.39. The number of nitrogens with two attached hydrogens (primary N) is 1. The van der Waals surface area contributed by atoms with Gasteiger partial charge >= 0.3 is 0 Å². The van der Waals surface area contributed by atoms with E-state index in [1.165, 1.54) is 36.0 Å². The van der Waals surface area contributed by atoms with Gasteiger partial charge in [0.05, 0.1) is 6.34 Å². The van der Waals surface area contributed by atoms with Crippen LogP contribution in [0.3, 0.4) is 0 Å². The maximum absolute atomic E-state index is 5.40. The Morgan fingerprint density at radius 1 is 1.33 bits per heavy atom. The van der Waals surface area contributed by atoms with Crippen molar-refractivity contribution in [3.05, 3.63) is 16.8 Å². The molecule has 4 N–H and O–H groups in total. The zero-order valence-corrected chi connectivity index (χ0v) is 12.0. The highest BCUT2D eigenvalue weighted by atomic mass is 15.0. The lowest BCUT2D eigenvalue weighted by atomic mass is 9.92. The van der Waals surface area contributed by atoms with E-state index in [-0.39, 0.29) is 0 Å². The van der Waals surface area contributed by atoms with Crippen molar-refractivity contribution in [1.82, 2.24) is 10.3 Å². The smallest absolute Gasteiger partial charge is 0.136 e. The molecule has 0 fully saturated rings. The lowest BCUT2D eigenvalue weighted by Crippen LogP contribution is -2.14. The molecular formula is C14H26N4. The summed E-state index contributed by atoms with van der Waals surface area (Å²) in [6.45, 7) is 6.16. The Morgan fingerprint density at radius 3 is 2.61 bits per heavy atom. The van der Waals surface area contributed by atoms with Crippen molar-refractivity contribution in [2.75, 3.05) is 7.05 Å². The number of nitrogens with one attached hydrogen (secondary N) is 2. The van der Waals surface area contributed by atoms with Gasteiger partial charge in [0.2, 0.25) is 0 Å². The number of H-pyrrole nitrogens is 1. The van der Waals surface area contributed by atoms with Gasteiger partial charge in [-0.1, -0.05) is 13.8 Å². The van der Waals surface area contributed by atoms with Crippen LogP contribution in [0.1, 0.15) is 56.5 Å². The second kappa shape index (κ2) is 7.21. The van der Waals surface area contributed by atoms with Gasteiger partial charge in [-0.05, 0) is 45.2 Å². The number of hydrogen-bond donors (Lipinski definition) is 3. The van der Waals surface area contributed by atoms with Crippen LogP contribution in [0.2, 0.25) is 0 Å². The van der Waals surface area contributed by atoms with E-state index in [4.69, 9.17) is 5.73 Å². The first-order valence-electron chi connectivity index (χ1n) is 6.93. The molecule has 1 aliphatic rings. The van der Waals surface area contributed by atoms with Crippen molar-refractivity contribution >= 4 is 12.2 Å². The molecule has 0 radical (unpaired) electrons. The molecule has 1 unspecified atom stereocenters. The molecule has 0 saturated heterocycles. The number of aromatic amines is 1. The molecule has 4 nitrogen and oxygen atoms in total. The minimum Gasteiger partial charge on any atom is -0.390 e. The molecule has 102 valence electrons. The fourth-order valence-corrected chi connectivity index (χ4v) is 2.48. The van der Waals surface area contributed by atoms with Crippen LogP contribution in [0.25, 0.3) is 0 Å². The van der Waals surface area contributed by atoms with Crippen LogP contribution >= 0.6 is 0 Å². The predicted molar refractivity (Wildman–Crippen MR) is 78.6 cm³/mol. The number of rotatable bonds is 3. The lowest BCUT2D eigenvalue weighted by molar-refractivity contribution is 0.627. The third kappa shape index (κ3) is 2.93. The van der Waals surface area contributed by atoms with Crippen molar-refractivity contribution in [2.24, 2.45) is 10.7 Å². The van der Waals surface area contributed by atoms with E-state index in [0.29, 0.717) is 6.04 Å². The van der Waals surface area contributed by atoms with Crippen molar-refractivity contribution in [2.45, 2.75) is 52.5 Å². The van der Waals surface area contributed by atoms with E-state index in [9.17, 15) is 0 Å². The Hall–Kier alpha value is -1.29. The number of aliphatic imine (C=N–C) groups is 1. The molecule has 0 aliphatic heterocycles. The summed E-state index contributed by atoms with van der Waals surface area (Å²) < 4.78 is 0. The zero-order valence-electron chi connectivity index (χ0n) is 12.0. The quantitative estimate of drug-likeness (QED) is 0.570. The van der Waals surface area contributed by atoms with E-state index in [1.54, 1.807) is 0 Å². The molecule has 1 atom stereocenters. The number of fused-ring (bicyclic) bond motifs is 1. The molecular weight excluding hydrogens is 224 g/mol. The van der Waals surface area contributed by atoms with Gasteiger partial charge in [-0.15, -0.1) is 0 Å². The predicted octanol–water partition coefficient (Wildman–Crippen LogP) is 2.82. The first-order chi connectivity index (χ1) is 8.77. The SMILES string of the molecule is CC.CNC(C)c1c(/N=C/N)[nH]c2c1CCCC2. The summed E-state index contributed by atoms with van der Waals surface area (Å²) in [7, 11) is 1.98. The first kappa shape index (κ1) is 14.8. The van der Waals surface area contributed by atoms with Gasteiger partial charge in [-0.3, -0.25) is 0 Å². The first-order valence-corrected chi connectivity index (χ1v) is 6.93. The van der Waals surface area contributed by atoms with Gasteiger partial charge in [0.15, 0.2) is 0 Å². The Balaban J connectivity index is 0.000000771. The van der Waals surface area contributed by atoms with Gasteiger partial charge in [0.25, 0.3) is 0 Å². The Labute approximate surface area is 110 Å². The van der Waals surface area contributed by atoms with Crippen molar-refractivity contribution in [3.8, 4) is 0 Å². The van der Waals surface area contributed by atoms with Crippen molar-refractivity contribution in [1.29, 1.82) is 0 Å². The molecule has 0 amide bonds. The monoisotopic (exact) mass is 250 g/mol. The van der Waals surface area contributed by atoms with Crippen LogP contribution in [-0.4, -0.2) is 18.4 Å². The van der Waals surface area contributed by atoms with Gasteiger partial charge in [0.1, 0.15) is 5.82 Å². The maximum atomic E-state index is 5.40. The van der Waals surface area contributed by atoms with Crippen LogP contribution in [0.5, 0.6) is 0 Å². The molecule has 0 bridgehead atoms. The average Bonchev–Trinajstić information content (AvgIpc) is 2.78. The summed E-state index contributed by atoms with van der Waals surface area (Å²) in [5, 5.41) is 3.28. The fourth-order valence-electron chi connectivity index (χ4n) is 2.48. The number of aryl methyl sites for hydroxylation is 1. The summed E-state index contributed by atoms with van der Waals surface area (Å²) in [6.07, 6.45) is 6.21. The van der Waals surface area contributed by atoms with Gasteiger partial charge in [-0.25, -0.2) is 4.99 Å². The lowest BCUT2D eigenvalue weighted by Gasteiger charge is -2.16. The zero-order chi connectivity index (χ0) is 13.5. The third-order valence-corrected chi connectivity index (χ3v) is 3.39. The van der Waals surface area contributed by atoms with Crippen LogP contribution in [0.4, 0.5) is 5.82 Å². The molecule has 1 heterocycles. The van der Waals surface area contributed by atoms with Crippen LogP contribution in [0.15, 0.2) is 4.99 Å². The largest absolute Gasteiger partial charge is 0.390 e. The van der Waals surface area contributed by atoms with Gasteiger partial charge < -0.3 is 16.0 Å². The molecule has 0 spiro atoms. The maximum Gasteiger partial charge on any atom is 0.136 e. The minimum atomic E-state index is 0.316. The molecule has 18 heavy (non-hydrogen) atoms. The second-order valence-corrected chi connectivity index (χ2v) is 4.34. The highest BCUT2D eigenvalue weighted by Gasteiger charge is 2.22. The number of hydrogen-bond acceptors (Lipinski definition) is 2. The Morgan fingerprint density at radius 2 is 2.00 bits per heavy atom. The average molecular weight is 250 g/mol. The number of nitrogens with zero attached hydrogens (tertiary/aromatic N) is 1. The summed E-state index contributed by atoms with van der Waals surface area (Å²) in [5.74, 6) is 0.927. The highest BCUT2D eigenvalue weighted by molar-refractivity contribution is 5.62. The molecule has 0 saturated carbocycles. The highest BCUT2D eigenvalue weighted by Crippen LogP contribution is 2.35. The van der Waals surface area contributed by atoms with E-state index in [2.05, 4.69) is 22.2 Å². The molecule has 2 rings (SSSR count). The number of aromatic nitrogens is 1. The molecule has 1 aliphatic carbocycles. The van der Waals surface area contributed by atoms with E-state index >= 15 is 0 Å². The molecule has 0 aromatic carbocycles. The van der Waals surface area contributed by atoms with Crippen molar-refractivity contribution < 1.29 is 0 Å². The van der Waals surface area contributed by atoms with Crippen LogP contribution in [0, 0.1) is 0 Å². The van der Waals surface area contributed by atoms with Crippen LogP contribution < -0.4 is 11.1 Å². The van der Waals surface area contributed by atoms with Gasteiger partial charge in [0, 0.05) is 17.3 Å². The molecule has 1 aromatic heterocycles. The summed E-state index contributed by atoms with van der Waals surface area (Å²) in [6, 6.07) is 0.316. The summed E-state index contributed by atoms with van der Waals surface area (Å²) in [5.41, 5.74) is 9.49. The second-order valence-electron chi connectivity index (χ2n) is 4.34. The minimum absolute atomic E-state index is 0.316. The fraction of sp³-hybridized carbons (Fsp3) is 0.643. The van der Waals surface area contributed by atoms with E-state index < -0.39 is 0 Å². The van der Waals surface area contributed by atoms with Crippen molar-refractivity contribution in [3.63, 3.8) is 0 Å². The Kier molecular flexibility index (Phi) is 5.92. The topological polar surface area (TPSA) is 66.2 Å². The Bertz CT molecular complexity index is 393. The standard InChI is InChI=1S/C12H20N4.C2H6/c1-8(14-2)11-9-5-3-4-6-10(9)16-12(11)15-7-13;1-2/h7-8,14,16H,3-6H2,1-2H3,(H2,13,15);1-2H3. The van der Waals surface area contributed by atoms with E-state index in [1.807, 2.05) is 20.9 Å². The summed E-state index contributed by atoms with van der Waals surface area (Å²) >= 11 is 0. The van der Waals surface area contributed by atoms with Gasteiger partial charge in [-0.2, -0.15) is 0 Å². The van der Waals surface area contributed by atoms with E-state index in [0.717, 1.165) is 18.7 Å². The molecule has 4 heteroatoms. The van der Waals surface area contributed by atoms with Crippen LogP contribution in [-0.2, 0) is 12.8 Å².